The summed E-state index contributed by atoms with van der Waals surface area (Å²) in [6.45, 7) is 5.60. The van der Waals surface area contributed by atoms with E-state index in [-0.39, 0.29) is 11.3 Å². The molecule has 0 saturated heterocycles. The number of anilines is 1. The lowest BCUT2D eigenvalue weighted by Gasteiger charge is -2.37. The molecule has 0 bridgehead atoms. The van der Waals surface area contributed by atoms with Crippen molar-refractivity contribution in [1.29, 1.82) is 0 Å². The summed E-state index contributed by atoms with van der Waals surface area (Å²) in [7, 11) is 0. The first-order valence-corrected chi connectivity index (χ1v) is 7.41. The number of aryl methyl sites for hydroxylation is 2. The second-order valence-electron chi connectivity index (χ2n) is 5.87. The van der Waals surface area contributed by atoms with Crippen LogP contribution >= 0.6 is 0 Å². The fourth-order valence-electron chi connectivity index (χ4n) is 3.65. The van der Waals surface area contributed by atoms with Gasteiger partial charge in [-0.15, -0.1) is 0 Å². The van der Waals surface area contributed by atoms with Crippen molar-refractivity contribution in [3.05, 3.63) is 45.8 Å². The highest BCUT2D eigenvalue weighted by molar-refractivity contribution is 5.89. The summed E-state index contributed by atoms with van der Waals surface area (Å²) in [5.74, 6) is -0.237. The molecule has 0 saturated carbocycles. The monoisotopic (exact) mass is 283 g/mol. The van der Waals surface area contributed by atoms with Crippen molar-refractivity contribution < 1.29 is 9.52 Å². The van der Waals surface area contributed by atoms with E-state index in [9.17, 15) is 9.90 Å². The van der Waals surface area contributed by atoms with Crippen LogP contribution in [0.5, 0.6) is 0 Å². The normalized spacial score (nSPS) is 16.9. The number of rotatable bonds is 1. The fraction of sp³-hybridized carbons (Fsp3) is 0.353. The number of aliphatic hydroxyl groups is 1. The van der Waals surface area contributed by atoms with Gasteiger partial charge in [-0.1, -0.05) is 6.58 Å². The van der Waals surface area contributed by atoms with Crippen LogP contribution in [0, 0.1) is 0 Å². The molecule has 2 aliphatic rings. The Balaban J connectivity index is 2.08. The molecular weight excluding hydrogens is 266 g/mol. The van der Waals surface area contributed by atoms with E-state index in [4.69, 9.17) is 4.42 Å². The predicted molar refractivity (Wildman–Crippen MR) is 83.0 cm³/mol. The predicted octanol–water partition coefficient (Wildman–Crippen LogP) is 3.02. The second kappa shape index (κ2) is 4.38. The van der Waals surface area contributed by atoms with Gasteiger partial charge in [0, 0.05) is 29.7 Å². The van der Waals surface area contributed by atoms with Crippen molar-refractivity contribution in [2.45, 2.75) is 25.7 Å². The van der Waals surface area contributed by atoms with Gasteiger partial charge in [0.25, 0.3) is 0 Å². The number of hydrogen-bond acceptors (Lipinski definition) is 4. The van der Waals surface area contributed by atoms with Gasteiger partial charge in [-0.2, -0.15) is 0 Å². The number of aliphatic hydroxyl groups excluding tert-OH is 1. The Kier molecular flexibility index (Phi) is 2.61. The molecule has 0 aliphatic carbocycles. The molecule has 4 rings (SSSR count). The van der Waals surface area contributed by atoms with E-state index in [2.05, 4.69) is 17.5 Å². The van der Waals surface area contributed by atoms with E-state index in [0.29, 0.717) is 5.58 Å². The quantitative estimate of drug-likeness (QED) is 0.645. The molecular formula is C17H17NO3. The Bertz CT molecular complexity index is 817. The van der Waals surface area contributed by atoms with Gasteiger partial charge in [0.15, 0.2) is 0 Å². The molecule has 0 spiro atoms. The Labute approximate surface area is 122 Å². The largest absolute Gasteiger partial charge is 0.508 e. The molecule has 1 aromatic heterocycles. The van der Waals surface area contributed by atoms with Gasteiger partial charge in [0.05, 0.1) is 0 Å². The van der Waals surface area contributed by atoms with Gasteiger partial charge in [-0.25, -0.2) is 4.79 Å². The minimum atomic E-state index is -0.515. The highest BCUT2D eigenvalue weighted by Crippen LogP contribution is 2.39. The third kappa shape index (κ3) is 1.78. The maximum Gasteiger partial charge on any atom is 0.347 e. The number of hydrogen-bond donors (Lipinski definition) is 1. The molecule has 1 N–H and O–H groups in total. The molecule has 4 nitrogen and oxygen atoms in total. The summed E-state index contributed by atoms with van der Waals surface area (Å²) < 4.78 is 5.52. The van der Waals surface area contributed by atoms with Crippen LogP contribution in [-0.2, 0) is 12.8 Å². The van der Waals surface area contributed by atoms with E-state index in [1.54, 1.807) is 6.07 Å². The van der Waals surface area contributed by atoms with Crippen molar-refractivity contribution in [3.63, 3.8) is 0 Å². The first-order valence-electron chi connectivity index (χ1n) is 7.41. The summed E-state index contributed by atoms with van der Waals surface area (Å²) in [6.07, 6.45) is 4.25. The van der Waals surface area contributed by atoms with Crippen molar-refractivity contribution in [2.75, 3.05) is 18.0 Å². The Hall–Kier alpha value is -2.23. The highest BCUT2D eigenvalue weighted by Gasteiger charge is 2.27. The number of nitrogens with zero attached hydrogens (tertiary/aromatic N) is 1. The van der Waals surface area contributed by atoms with Gasteiger partial charge in [-0.05, 0) is 43.4 Å². The van der Waals surface area contributed by atoms with Gasteiger partial charge in [-0.3, -0.25) is 0 Å². The molecule has 3 heterocycles. The van der Waals surface area contributed by atoms with Crippen LogP contribution in [0.2, 0.25) is 0 Å². The molecule has 0 fully saturated rings. The molecule has 108 valence electrons. The van der Waals surface area contributed by atoms with Crippen LogP contribution in [-0.4, -0.2) is 18.2 Å². The molecule has 0 atom stereocenters. The topological polar surface area (TPSA) is 53.7 Å². The summed E-state index contributed by atoms with van der Waals surface area (Å²) in [6, 6.07) is 3.80. The number of fused-ring (bicyclic) bond motifs is 2. The zero-order valence-corrected chi connectivity index (χ0v) is 11.8. The van der Waals surface area contributed by atoms with Crippen LogP contribution in [0.1, 0.15) is 29.5 Å². The molecule has 4 heteroatoms. The van der Waals surface area contributed by atoms with Gasteiger partial charge in [0.2, 0.25) is 0 Å². The van der Waals surface area contributed by atoms with Crippen LogP contribution < -0.4 is 10.5 Å². The van der Waals surface area contributed by atoms with E-state index in [1.165, 1.54) is 11.3 Å². The summed E-state index contributed by atoms with van der Waals surface area (Å²) >= 11 is 0. The molecule has 1 aromatic carbocycles. The van der Waals surface area contributed by atoms with Gasteiger partial charge < -0.3 is 14.4 Å². The van der Waals surface area contributed by atoms with Crippen LogP contribution in [0.25, 0.3) is 16.7 Å². The lowest BCUT2D eigenvalue weighted by Crippen LogP contribution is -2.34. The summed E-state index contributed by atoms with van der Waals surface area (Å²) in [5, 5.41) is 10.4. The zero-order valence-electron chi connectivity index (χ0n) is 11.8. The third-order valence-electron chi connectivity index (χ3n) is 4.53. The molecule has 2 aliphatic heterocycles. The Morgan fingerprint density at radius 3 is 2.76 bits per heavy atom. The average Bonchev–Trinajstić information content (AvgIpc) is 2.48. The first-order chi connectivity index (χ1) is 10.1. The Morgan fingerprint density at radius 1 is 1.24 bits per heavy atom. The minimum Gasteiger partial charge on any atom is -0.508 e. The standard InChI is InChI=1S/C17H17NO3/c1-10(19)14-9-12-8-11-4-2-6-18-7-3-5-13(15(11)18)16(12)21-17(14)20/h8-9,19H,1-7H2. The minimum absolute atomic E-state index is 0.151. The number of benzene rings is 1. The smallest absolute Gasteiger partial charge is 0.347 e. The third-order valence-corrected chi connectivity index (χ3v) is 4.53. The molecule has 2 aromatic rings. The van der Waals surface area contributed by atoms with Gasteiger partial charge in [0.1, 0.15) is 16.9 Å². The van der Waals surface area contributed by atoms with Crippen molar-refractivity contribution in [2.24, 2.45) is 0 Å². The molecule has 0 amide bonds. The highest BCUT2D eigenvalue weighted by atomic mass is 16.4. The molecule has 0 unspecified atom stereocenters. The van der Waals surface area contributed by atoms with Crippen molar-refractivity contribution in [3.8, 4) is 0 Å². The van der Waals surface area contributed by atoms with Crippen LogP contribution in [0.3, 0.4) is 0 Å². The lowest BCUT2D eigenvalue weighted by molar-refractivity contribution is 0.498. The van der Waals surface area contributed by atoms with E-state index < -0.39 is 5.63 Å². The molecule has 0 radical (unpaired) electrons. The van der Waals surface area contributed by atoms with E-state index in [1.807, 2.05) is 0 Å². The average molecular weight is 283 g/mol. The van der Waals surface area contributed by atoms with E-state index >= 15 is 0 Å². The van der Waals surface area contributed by atoms with Crippen molar-refractivity contribution in [1.82, 2.24) is 0 Å². The van der Waals surface area contributed by atoms with Crippen LogP contribution in [0.15, 0.2) is 27.9 Å². The van der Waals surface area contributed by atoms with Gasteiger partial charge >= 0.3 is 5.63 Å². The maximum absolute atomic E-state index is 12.0. The van der Waals surface area contributed by atoms with Crippen LogP contribution in [0.4, 0.5) is 5.69 Å². The summed E-state index contributed by atoms with van der Waals surface area (Å²) in [5.41, 5.74) is 4.07. The molecule has 21 heavy (non-hydrogen) atoms. The van der Waals surface area contributed by atoms with E-state index in [0.717, 1.165) is 49.7 Å². The first kappa shape index (κ1) is 12.5. The fourth-order valence-corrected chi connectivity index (χ4v) is 3.65. The second-order valence-corrected chi connectivity index (χ2v) is 5.87. The maximum atomic E-state index is 12.0. The Morgan fingerprint density at radius 2 is 2.00 bits per heavy atom. The summed E-state index contributed by atoms with van der Waals surface area (Å²) in [4.78, 5) is 14.4. The lowest BCUT2D eigenvalue weighted by atomic mass is 9.90. The zero-order chi connectivity index (χ0) is 14.6. The van der Waals surface area contributed by atoms with Crippen molar-refractivity contribution >= 4 is 22.4 Å². The SMILES string of the molecule is C=C(O)c1cc2cc3c4c(c2oc1=O)CCCN4CCC3.